The number of guanidine groups is 2. The van der Waals surface area contributed by atoms with E-state index in [-0.39, 0.29) is 106 Å². The summed E-state index contributed by atoms with van der Waals surface area (Å²) in [4.78, 5) is 114. The minimum Gasteiger partial charge on any atom is -0.370 e. The molecule has 1 unspecified atom stereocenters. The van der Waals surface area contributed by atoms with Gasteiger partial charge in [0.1, 0.15) is 36.0 Å². The summed E-state index contributed by atoms with van der Waals surface area (Å²) in [7, 11) is 0. The van der Waals surface area contributed by atoms with Gasteiger partial charge in [0.05, 0.1) is 16.1 Å². The van der Waals surface area contributed by atoms with Crippen LogP contribution in [-0.4, -0.2) is 115 Å². The number of benzene rings is 1. The van der Waals surface area contributed by atoms with Crippen molar-refractivity contribution in [2.75, 3.05) is 19.6 Å². The summed E-state index contributed by atoms with van der Waals surface area (Å²) >= 11 is 12.2. The fourth-order valence-corrected chi connectivity index (χ4v) is 8.19. The maximum absolute atomic E-state index is 14.5. The van der Waals surface area contributed by atoms with Crippen molar-refractivity contribution in [3.05, 3.63) is 33.8 Å². The van der Waals surface area contributed by atoms with E-state index < -0.39 is 77.1 Å². The molecule has 0 bridgehead atoms. The summed E-state index contributed by atoms with van der Waals surface area (Å²) in [6, 6.07) is -1.32. The van der Waals surface area contributed by atoms with Crippen molar-refractivity contribution in [1.82, 2.24) is 31.9 Å². The van der Waals surface area contributed by atoms with Gasteiger partial charge in [0.25, 0.3) is 0 Å². The van der Waals surface area contributed by atoms with E-state index in [0.29, 0.717) is 16.9 Å². The van der Waals surface area contributed by atoms with E-state index in [1.165, 1.54) is 6.92 Å². The van der Waals surface area contributed by atoms with E-state index in [4.69, 9.17) is 57.6 Å². The van der Waals surface area contributed by atoms with Gasteiger partial charge in [-0.3, -0.25) is 43.5 Å². The number of carbonyl (C=O) groups excluding carboxylic acids is 8. The Morgan fingerprint density at radius 3 is 1.85 bits per heavy atom. The first-order chi connectivity index (χ1) is 32.0. The van der Waals surface area contributed by atoms with Gasteiger partial charge in [-0.15, -0.1) is 0 Å². The standard InChI is InChI=1S/C44H72Cl2N14O8/c1-25(2)19-34(40(67)57-33(37(48)64)22-28-12-13-29(45)30(46)20-28)58-39(66)32(11-7-17-53-42(49)50)56-41(68)35(21-27-9-5-4-6-10-27)59-38(65)31(14-15-36(47)63)55-23-44(24-61,60-26(3)62)16-8-18-54-43(51)52/h12-13,20,24-25,27,31-35,55H,4-11,14-19,21-23H2,1-3H3,(H2,47,63)(H2,48,64)(H,56,68)(H,57,67)(H,58,66)(H,59,65)(H,60,62)(H4,49,50,53)(H4,51,52,54)/t31-,32-,33?,34-,35-,44+/m0/s1. The van der Waals surface area contributed by atoms with Gasteiger partial charge in [0.15, 0.2) is 11.9 Å². The van der Waals surface area contributed by atoms with Crippen molar-refractivity contribution in [2.24, 2.45) is 56.2 Å². The Balaban J connectivity index is 2.47. The molecule has 1 aromatic rings. The van der Waals surface area contributed by atoms with E-state index in [1.54, 1.807) is 18.2 Å². The summed E-state index contributed by atoms with van der Waals surface area (Å²) in [6.45, 7) is 4.88. The van der Waals surface area contributed by atoms with Gasteiger partial charge in [-0.2, -0.15) is 0 Å². The van der Waals surface area contributed by atoms with Crippen molar-refractivity contribution < 1.29 is 38.4 Å². The molecule has 1 fully saturated rings. The molecule has 68 heavy (non-hydrogen) atoms. The second-order valence-electron chi connectivity index (χ2n) is 17.7. The number of hydrogen-bond acceptors (Lipinski definition) is 11. The lowest BCUT2D eigenvalue weighted by Crippen LogP contribution is -2.61. The monoisotopic (exact) mass is 995 g/mol. The van der Waals surface area contributed by atoms with E-state index in [1.807, 2.05) is 13.8 Å². The first-order valence-electron chi connectivity index (χ1n) is 22.9. The van der Waals surface area contributed by atoms with E-state index in [0.717, 1.165) is 32.1 Å². The van der Waals surface area contributed by atoms with Crippen LogP contribution in [0.25, 0.3) is 0 Å². The second kappa shape index (κ2) is 29.9. The fourth-order valence-electron chi connectivity index (χ4n) is 7.87. The number of carbonyl (C=O) groups is 8. The Bertz CT molecular complexity index is 1940. The van der Waals surface area contributed by atoms with Crippen LogP contribution in [0, 0.1) is 11.8 Å². The molecule has 18 N–H and O–H groups in total. The second-order valence-corrected chi connectivity index (χ2v) is 18.5. The number of rotatable bonds is 31. The van der Waals surface area contributed by atoms with Gasteiger partial charge >= 0.3 is 0 Å². The zero-order chi connectivity index (χ0) is 51.0. The van der Waals surface area contributed by atoms with Crippen LogP contribution in [0.1, 0.15) is 110 Å². The van der Waals surface area contributed by atoms with Gasteiger partial charge in [0.2, 0.25) is 41.4 Å². The molecule has 0 aliphatic heterocycles. The summed E-state index contributed by atoms with van der Waals surface area (Å²) in [5.74, 6) is -5.37. The van der Waals surface area contributed by atoms with Crippen LogP contribution in [0.5, 0.6) is 0 Å². The predicted molar refractivity (Wildman–Crippen MR) is 260 cm³/mol. The van der Waals surface area contributed by atoms with Crippen LogP contribution < -0.4 is 66.3 Å². The van der Waals surface area contributed by atoms with Crippen molar-refractivity contribution in [3.8, 4) is 0 Å². The third-order valence-electron chi connectivity index (χ3n) is 11.3. The SMILES string of the molecule is CC(=O)N[C@](C=O)(CCCN=C(N)N)CN[C@@H](CCC(N)=O)C(=O)N[C@@H](CC1CCCCC1)C(=O)N[C@@H](CCCN=C(N)N)C(=O)N[C@@H](CC(C)C)C(=O)NC(Cc1ccc(Cl)c(Cl)c1)C(N)=O. The minimum absolute atomic E-state index is 0.00138. The van der Waals surface area contributed by atoms with Gasteiger partial charge < -0.3 is 71.1 Å². The molecule has 7 amide bonds. The van der Waals surface area contributed by atoms with Crippen LogP contribution >= 0.6 is 23.2 Å². The lowest BCUT2D eigenvalue weighted by Gasteiger charge is -2.32. The molecule has 1 saturated carbocycles. The van der Waals surface area contributed by atoms with Gasteiger partial charge in [-0.25, -0.2) is 0 Å². The number of amides is 7. The summed E-state index contributed by atoms with van der Waals surface area (Å²) in [6.07, 6.45) is 5.43. The highest BCUT2D eigenvalue weighted by atomic mass is 35.5. The smallest absolute Gasteiger partial charge is 0.243 e. The largest absolute Gasteiger partial charge is 0.370 e. The van der Waals surface area contributed by atoms with Gasteiger partial charge in [-0.1, -0.05) is 75.2 Å². The molecule has 0 radical (unpaired) electrons. The maximum atomic E-state index is 14.5. The highest BCUT2D eigenvalue weighted by Gasteiger charge is 2.36. The fraction of sp³-hybridized carbons (Fsp3) is 0.636. The predicted octanol–water partition coefficient (Wildman–Crippen LogP) is -0.618. The number of primary amides is 2. The topological polar surface area (TPSA) is 390 Å². The lowest BCUT2D eigenvalue weighted by molar-refractivity contribution is -0.135. The number of nitrogens with zero attached hydrogens (tertiary/aromatic N) is 2. The molecule has 24 heteroatoms. The van der Waals surface area contributed by atoms with Crippen molar-refractivity contribution in [1.29, 1.82) is 0 Å². The van der Waals surface area contributed by atoms with Crippen LogP contribution in [0.15, 0.2) is 28.2 Å². The summed E-state index contributed by atoms with van der Waals surface area (Å²) in [5.41, 5.74) is 32.2. The average molecular weight is 996 g/mol. The van der Waals surface area contributed by atoms with Crippen LogP contribution in [-0.2, 0) is 44.8 Å². The average Bonchev–Trinajstić information content (AvgIpc) is 3.26. The van der Waals surface area contributed by atoms with Gasteiger partial charge in [0, 0.05) is 39.4 Å². The van der Waals surface area contributed by atoms with Crippen molar-refractivity contribution in [2.45, 2.75) is 146 Å². The lowest BCUT2D eigenvalue weighted by atomic mass is 9.84. The summed E-state index contributed by atoms with van der Waals surface area (Å²) in [5, 5.41) is 17.2. The highest BCUT2D eigenvalue weighted by Crippen LogP contribution is 2.28. The third-order valence-corrected chi connectivity index (χ3v) is 12.1. The Morgan fingerprint density at radius 2 is 1.29 bits per heavy atom. The van der Waals surface area contributed by atoms with E-state index in [9.17, 15) is 38.4 Å². The third kappa shape index (κ3) is 22.4. The van der Waals surface area contributed by atoms with Crippen LogP contribution in [0.3, 0.4) is 0 Å². The Morgan fingerprint density at radius 1 is 0.735 bits per heavy atom. The number of nitrogens with two attached hydrogens (primary N) is 6. The number of nitrogens with one attached hydrogen (secondary N) is 6. The molecular weight excluding hydrogens is 923 g/mol. The number of halogens is 2. The highest BCUT2D eigenvalue weighted by molar-refractivity contribution is 6.42. The quantitative estimate of drug-likeness (QED) is 0.0191. The molecule has 6 atom stereocenters. The molecule has 0 aromatic heterocycles. The molecule has 1 aromatic carbocycles. The molecule has 22 nitrogen and oxygen atoms in total. The number of aliphatic imine (C=N–C) groups is 2. The normalized spacial score (nSPS) is 15.7. The zero-order valence-electron chi connectivity index (χ0n) is 39.3. The Hall–Kier alpha value is -5.74. The zero-order valence-corrected chi connectivity index (χ0v) is 40.8. The molecule has 1 aliphatic carbocycles. The molecule has 0 saturated heterocycles. The number of hydrogen-bond donors (Lipinski definition) is 12. The minimum atomic E-state index is -1.51. The first kappa shape index (κ1) is 58.4. The van der Waals surface area contributed by atoms with E-state index in [2.05, 4.69) is 41.9 Å². The van der Waals surface area contributed by atoms with Gasteiger partial charge in [-0.05, 0) is 74.5 Å². The Kier molecular flexibility index (Phi) is 25.7. The first-order valence-corrected chi connectivity index (χ1v) is 23.6. The molecule has 0 spiro atoms. The molecule has 1 aliphatic rings. The van der Waals surface area contributed by atoms with Crippen molar-refractivity contribution in [3.63, 3.8) is 0 Å². The Labute approximate surface area is 407 Å². The molecule has 0 heterocycles. The van der Waals surface area contributed by atoms with E-state index >= 15 is 0 Å². The van der Waals surface area contributed by atoms with Crippen LogP contribution in [0.2, 0.25) is 10.0 Å². The summed E-state index contributed by atoms with van der Waals surface area (Å²) < 4.78 is 0. The molecular formula is C44H72Cl2N14O8. The number of aldehydes is 1. The maximum Gasteiger partial charge on any atom is 0.243 e. The van der Waals surface area contributed by atoms with Crippen LogP contribution in [0.4, 0.5) is 0 Å². The molecule has 2 rings (SSSR count). The van der Waals surface area contributed by atoms with Crippen molar-refractivity contribution >= 4 is 82.8 Å². The molecule has 380 valence electrons.